The Hall–Kier alpha value is -4.77. The van der Waals surface area contributed by atoms with E-state index in [2.05, 4.69) is 32.1 Å². The number of carbonyl (C=O) groups is 1. The van der Waals surface area contributed by atoms with Crippen LogP contribution in [0.25, 0.3) is 22.4 Å². The summed E-state index contributed by atoms with van der Waals surface area (Å²) in [7, 11) is 1.63. The number of nitrogens with zero attached hydrogens (tertiary/aromatic N) is 6. The third-order valence-corrected chi connectivity index (χ3v) is 7.61. The van der Waals surface area contributed by atoms with E-state index in [4.69, 9.17) is 9.72 Å². The molecule has 2 aliphatic rings. The number of nitrogens with one attached hydrogen (secondary N) is 2. The van der Waals surface area contributed by atoms with Crippen molar-refractivity contribution >= 4 is 34.4 Å². The molecule has 41 heavy (non-hydrogen) atoms. The number of rotatable bonds is 7. The van der Waals surface area contributed by atoms with Crippen molar-refractivity contribution in [3.8, 4) is 17.0 Å². The number of hydrogen-bond donors (Lipinski definition) is 2. The zero-order chi connectivity index (χ0) is 28.3. The number of anilines is 3. The summed E-state index contributed by atoms with van der Waals surface area (Å²) in [6.45, 7) is 8.25. The largest absolute Gasteiger partial charge is 0.494 e. The summed E-state index contributed by atoms with van der Waals surface area (Å²) >= 11 is 0. The van der Waals surface area contributed by atoms with Gasteiger partial charge in [-0.1, -0.05) is 36.9 Å². The molecule has 11 nitrogen and oxygen atoms in total. The molecule has 2 N–H and O–H groups in total. The Morgan fingerprint density at radius 2 is 1.93 bits per heavy atom. The second-order valence-corrected chi connectivity index (χ2v) is 10.1. The van der Waals surface area contributed by atoms with Crippen LogP contribution in [0.2, 0.25) is 0 Å². The minimum absolute atomic E-state index is 0.157. The van der Waals surface area contributed by atoms with Gasteiger partial charge in [-0.15, -0.1) is 0 Å². The Morgan fingerprint density at radius 3 is 2.68 bits per heavy atom. The first-order chi connectivity index (χ1) is 20.1. The zero-order valence-electron chi connectivity index (χ0n) is 22.9. The van der Waals surface area contributed by atoms with E-state index < -0.39 is 0 Å². The van der Waals surface area contributed by atoms with E-state index in [-0.39, 0.29) is 17.5 Å². The number of methoxy groups -OCH3 is 1. The Bertz CT molecular complexity index is 1650. The fourth-order valence-electron chi connectivity index (χ4n) is 5.49. The number of piperazine rings is 1. The summed E-state index contributed by atoms with van der Waals surface area (Å²) in [6.07, 6.45) is 3.54. The van der Waals surface area contributed by atoms with E-state index in [1.807, 2.05) is 48.5 Å². The molecule has 6 rings (SSSR count). The van der Waals surface area contributed by atoms with Gasteiger partial charge < -0.3 is 25.2 Å². The molecule has 0 bridgehead atoms. The van der Waals surface area contributed by atoms with E-state index in [1.165, 1.54) is 6.08 Å². The van der Waals surface area contributed by atoms with Gasteiger partial charge in [-0.05, 0) is 24.6 Å². The van der Waals surface area contributed by atoms with Crippen LogP contribution in [0.1, 0.15) is 12.5 Å². The molecule has 11 heteroatoms. The summed E-state index contributed by atoms with van der Waals surface area (Å²) < 4.78 is 7.36. The van der Waals surface area contributed by atoms with Crippen molar-refractivity contribution < 1.29 is 9.53 Å². The third-order valence-electron chi connectivity index (χ3n) is 7.61. The lowest BCUT2D eigenvalue weighted by Crippen LogP contribution is -2.43. The Morgan fingerprint density at radius 1 is 1.12 bits per heavy atom. The van der Waals surface area contributed by atoms with Crippen molar-refractivity contribution in [2.75, 3.05) is 56.6 Å². The SMILES string of the molecule is C=CC(=O)N1CC[C@H](n2c(=O)c(-c3ccccc3)nc3cnc(Nc4ccc(N5CCNCC5)cc4OC)nc32)C1. The van der Waals surface area contributed by atoms with E-state index in [0.29, 0.717) is 59.3 Å². The normalized spacial score (nSPS) is 17.0. The maximum absolute atomic E-state index is 13.9. The molecule has 4 heterocycles. The average Bonchev–Trinajstić information content (AvgIpc) is 3.51. The molecular weight excluding hydrogens is 520 g/mol. The van der Waals surface area contributed by atoms with Gasteiger partial charge in [0.25, 0.3) is 5.56 Å². The van der Waals surface area contributed by atoms with Crippen molar-refractivity contribution in [3.05, 3.63) is 77.7 Å². The molecule has 210 valence electrons. The van der Waals surface area contributed by atoms with Crippen LogP contribution in [0.3, 0.4) is 0 Å². The predicted molar refractivity (Wildman–Crippen MR) is 159 cm³/mol. The summed E-state index contributed by atoms with van der Waals surface area (Å²) in [5, 5.41) is 6.64. The minimum atomic E-state index is -0.269. The molecule has 0 radical (unpaired) electrons. The summed E-state index contributed by atoms with van der Waals surface area (Å²) in [5.41, 5.74) is 3.45. The van der Waals surface area contributed by atoms with Crippen LogP contribution in [-0.2, 0) is 4.79 Å². The summed E-state index contributed by atoms with van der Waals surface area (Å²) in [4.78, 5) is 44.2. The summed E-state index contributed by atoms with van der Waals surface area (Å²) in [6, 6.07) is 15.1. The van der Waals surface area contributed by atoms with Crippen LogP contribution in [0, 0.1) is 0 Å². The predicted octanol–water partition coefficient (Wildman–Crippen LogP) is 2.97. The van der Waals surface area contributed by atoms with Gasteiger partial charge in [0.1, 0.15) is 17.0 Å². The molecule has 2 aromatic carbocycles. The van der Waals surface area contributed by atoms with Crippen molar-refractivity contribution in [1.82, 2.24) is 29.7 Å². The van der Waals surface area contributed by atoms with E-state index >= 15 is 0 Å². The van der Waals surface area contributed by atoms with Crippen LogP contribution in [0.5, 0.6) is 5.75 Å². The number of fused-ring (bicyclic) bond motifs is 1. The first kappa shape index (κ1) is 26.5. The summed E-state index contributed by atoms with van der Waals surface area (Å²) in [5.74, 6) is 0.815. The van der Waals surface area contributed by atoms with Gasteiger partial charge in [0.2, 0.25) is 11.9 Å². The molecule has 0 unspecified atom stereocenters. The van der Waals surface area contributed by atoms with Crippen molar-refractivity contribution in [2.45, 2.75) is 12.5 Å². The molecule has 4 aromatic rings. The smallest absolute Gasteiger partial charge is 0.279 e. The first-order valence-corrected chi connectivity index (χ1v) is 13.7. The number of benzene rings is 2. The molecule has 2 saturated heterocycles. The number of aromatic nitrogens is 4. The fourth-order valence-corrected chi connectivity index (χ4v) is 5.49. The van der Waals surface area contributed by atoms with Crippen molar-refractivity contribution in [3.63, 3.8) is 0 Å². The van der Waals surface area contributed by atoms with E-state index in [0.717, 1.165) is 31.9 Å². The molecular formula is C30H32N8O3. The number of ether oxygens (including phenoxy) is 1. The van der Waals surface area contributed by atoms with Crippen molar-refractivity contribution in [2.24, 2.45) is 0 Å². The highest BCUT2D eigenvalue weighted by molar-refractivity contribution is 5.87. The monoisotopic (exact) mass is 552 g/mol. The molecule has 2 aliphatic heterocycles. The molecule has 0 saturated carbocycles. The Balaban J connectivity index is 1.40. The number of amides is 1. The molecule has 0 aliphatic carbocycles. The molecule has 1 atom stereocenters. The van der Waals surface area contributed by atoms with Crippen LogP contribution < -0.4 is 25.8 Å². The zero-order valence-corrected chi connectivity index (χ0v) is 22.9. The van der Waals surface area contributed by atoms with Gasteiger partial charge in [0.15, 0.2) is 5.65 Å². The first-order valence-electron chi connectivity index (χ1n) is 13.7. The lowest BCUT2D eigenvalue weighted by atomic mass is 10.1. The molecule has 0 spiro atoms. The van der Waals surface area contributed by atoms with Gasteiger partial charge in [-0.3, -0.25) is 14.2 Å². The van der Waals surface area contributed by atoms with Crippen LogP contribution >= 0.6 is 0 Å². The second-order valence-electron chi connectivity index (χ2n) is 10.1. The number of likely N-dealkylation sites (tertiary alicyclic amines) is 1. The molecule has 2 aromatic heterocycles. The second kappa shape index (κ2) is 11.4. The van der Waals surface area contributed by atoms with Crippen LogP contribution in [-0.4, -0.2) is 76.7 Å². The van der Waals surface area contributed by atoms with Gasteiger partial charge in [-0.2, -0.15) is 4.98 Å². The van der Waals surface area contributed by atoms with Gasteiger partial charge >= 0.3 is 0 Å². The fraction of sp³-hybridized carbons (Fsp3) is 0.300. The van der Waals surface area contributed by atoms with Crippen LogP contribution in [0.4, 0.5) is 17.3 Å². The van der Waals surface area contributed by atoms with Gasteiger partial charge in [-0.25, -0.2) is 9.97 Å². The number of carbonyl (C=O) groups excluding carboxylic acids is 1. The highest BCUT2D eigenvalue weighted by Crippen LogP contribution is 2.32. The van der Waals surface area contributed by atoms with Crippen LogP contribution in [0.15, 0.2) is 72.2 Å². The van der Waals surface area contributed by atoms with Gasteiger partial charge in [0.05, 0.1) is 25.0 Å². The van der Waals surface area contributed by atoms with Gasteiger partial charge in [0, 0.05) is 56.6 Å². The lowest BCUT2D eigenvalue weighted by Gasteiger charge is -2.30. The Labute approximate surface area is 237 Å². The van der Waals surface area contributed by atoms with E-state index in [9.17, 15) is 9.59 Å². The minimum Gasteiger partial charge on any atom is -0.494 e. The third kappa shape index (κ3) is 5.23. The maximum atomic E-state index is 13.9. The topological polar surface area (TPSA) is 118 Å². The highest BCUT2D eigenvalue weighted by Gasteiger charge is 2.30. The van der Waals surface area contributed by atoms with E-state index in [1.54, 1.807) is 22.8 Å². The highest BCUT2D eigenvalue weighted by atomic mass is 16.5. The van der Waals surface area contributed by atoms with Crippen molar-refractivity contribution in [1.29, 1.82) is 0 Å². The molecule has 2 fully saturated rings. The molecule has 1 amide bonds. The average molecular weight is 553 g/mol. The Kier molecular flexibility index (Phi) is 7.34. The quantitative estimate of drug-likeness (QED) is 0.334. The number of hydrogen-bond acceptors (Lipinski definition) is 9. The maximum Gasteiger partial charge on any atom is 0.279 e. The lowest BCUT2D eigenvalue weighted by molar-refractivity contribution is -0.125. The standard InChI is InChI=1S/C30H32N8O3/c1-3-26(39)37-14-11-22(19-37)38-28-24(33-27(29(38)40)20-7-5-4-6-8-20)18-32-30(35-28)34-23-10-9-21(17-25(23)41-2)36-15-12-31-13-16-36/h3-10,17-18,22,31H,1,11-16,19H2,2H3,(H,32,34,35)/t22-/m0/s1.